The van der Waals surface area contributed by atoms with Gasteiger partial charge in [0.25, 0.3) is 0 Å². The van der Waals surface area contributed by atoms with E-state index in [0.717, 1.165) is 5.92 Å². The molecule has 0 radical (unpaired) electrons. The summed E-state index contributed by atoms with van der Waals surface area (Å²) in [7, 11) is 0. The summed E-state index contributed by atoms with van der Waals surface area (Å²) in [5, 5.41) is 0. The molecule has 3 rings (SSSR count). The van der Waals surface area contributed by atoms with Crippen molar-refractivity contribution < 1.29 is 0 Å². The van der Waals surface area contributed by atoms with Gasteiger partial charge in [0, 0.05) is 18.8 Å². The molecular formula is C15H21N. The average molecular weight is 215 g/mol. The van der Waals surface area contributed by atoms with Gasteiger partial charge in [-0.3, -0.25) is 0 Å². The molecule has 0 aromatic heterocycles. The van der Waals surface area contributed by atoms with Crippen LogP contribution in [0.15, 0.2) is 18.2 Å². The molecule has 1 aliphatic carbocycles. The van der Waals surface area contributed by atoms with Gasteiger partial charge < -0.3 is 4.90 Å². The summed E-state index contributed by atoms with van der Waals surface area (Å²) in [5.74, 6) is 0.880. The van der Waals surface area contributed by atoms with Crippen LogP contribution in [0, 0.1) is 5.92 Å². The first-order valence-corrected chi connectivity index (χ1v) is 6.70. The van der Waals surface area contributed by atoms with E-state index in [1.54, 1.807) is 11.1 Å². The quantitative estimate of drug-likeness (QED) is 0.694. The smallest absolute Gasteiger partial charge is 0.0369 e. The predicted molar refractivity (Wildman–Crippen MR) is 69.1 cm³/mol. The molecule has 1 saturated heterocycles. The van der Waals surface area contributed by atoms with E-state index in [2.05, 4.69) is 30.0 Å². The minimum Gasteiger partial charge on any atom is -0.372 e. The molecule has 1 atom stereocenters. The van der Waals surface area contributed by atoms with Crippen LogP contribution in [0.4, 0.5) is 5.69 Å². The average Bonchev–Trinajstić information content (AvgIpc) is 2.82. The molecule has 1 aromatic carbocycles. The fourth-order valence-electron chi connectivity index (χ4n) is 3.10. The van der Waals surface area contributed by atoms with E-state index in [4.69, 9.17) is 0 Å². The zero-order chi connectivity index (χ0) is 11.0. The minimum atomic E-state index is 0.880. The zero-order valence-corrected chi connectivity index (χ0v) is 10.2. The van der Waals surface area contributed by atoms with Gasteiger partial charge in [-0.05, 0) is 61.3 Å². The van der Waals surface area contributed by atoms with E-state index in [9.17, 15) is 0 Å². The van der Waals surface area contributed by atoms with E-state index >= 15 is 0 Å². The van der Waals surface area contributed by atoms with E-state index in [1.165, 1.54) is 50.9 Å². The number of hydrogen-bond acceptors (Lipinski definition) is 1. The van der Waals surface area contributed by atoms with Crippen LogP contribution in [-0.4, -0.2) is 13.1 Å². The van der Waals surface area contributed by atoms with Crippen molar-refractivity contribution in [2.24, 2.45) is 5.92 Å². The Kier molecular flexibility index (Phi) is 2.62. The van der Waals surface area contributed by atoms with Gasteiger partial charge in [0.2, 0.25) is 0 Å². The molecule has 1 aromatic rings. The number of hydrogen-bond donors (Lipinski definition) is 0. The highest BCUT2D eigenvalue weighted by molar-refractivity contribution is 5.52. The number of rotatable bonds is 1. The summed E-state index contributed by atoms with van der Waals surface area (Å²) in [6.45, 7) is 4.89. The highest BCUT2D eigenvalue weighted by atomic mass is 15.1. The van der Waals surface area contributed by atoms with Gasteiger partial charge in [0.15, 0.2) is 0 Å². The van der Waals surface area contributed by atoms with Gasteiger partial charge >= 0.3 is 0 Å². The van der Waals surface area contributed by atoms with E-state index < -0.39 is 0 Å². The molecule has 1 aliphatic heterocycles. The van der Waals surface area contributed by atoms with Crippen molar-refractivity contribution in [1.82, 2.24) is 0 Å². The molecule has 1 nitrogen and oxygen atoms in total. The largest absolute Gasteiger partial charge is 0.372 e. The Morgan fingerprint density at radius 1 is 1.12 bits per heavy atom. The van der Waals surface area contributed by atoms with Crippen molar-refractivity contribution >= 4 is 5.69 Å². The van der Waals surface area contributed by atoms with Crippen LogP contribution in [0.2, 0.25) is 0 Å². The molecule has 16 heavy (non-hydrogen) atoms. The highest BCUT2D eigenvalue weighted by Crippen LogP contribution is 2.29. The number of benzene rings is 1. The van der Waals surface area contributed by atoms with Gasteiger partial charge in [0.1, 0.15) is 0 Å². The first-order valence-electron chi connectivity index (χ1n) is 6.70. The maximum absolute atomic E-state index is 2.54. The third kappa shape index (κ3) is 1.83. The Morgan fingerprint density at radius 2 is 1.94 bits per heavy atom. The van der Waals surface area contributed by atoms with Crippen molar-refractivity contribution in [2.75, 3.05) is 18.0 Å². The predicted octanol–water partition coefficient (Wildman–Crippen LogP) is 3.41. The minimum absolute atomic E-state index is 0.880. The number of aryl methyl sites for hydroxylation is 1. The van der Waals surface area contributed by atoms with Gasteiger partial charge in [-0.1, -0.05) is 13.0 Å². The maximum atomic E-state index is 2.54. The lowest BCUT2D eigenvalue weighted by atomic mass is 9.85. The van der Waals surface area contributed by atoms with Crippen molar-refractivity contribution in [3.63, 3.8) is 0 Å². The highest BCUT2D eigenvalue weighted by Gasteiger charge is 2.18. The van der Waals surface area contributed by atoms with Crippen molar-refractivity contribution in [2.45, 2.75) is 39.0 Å². The molecule has 2 aliphatic rings. The van der Waals surface area contributed by atoms with Crippen molar-refractivity contribution in [3.05, 3.63) is 29.3 Å². The normalized spacial score (nSPS) is 24.6. The Bertz CT molecular complexity index is 377. The Balaban J connectivity index is 1.87. The molecule has 1 fully saturated rings. The van der Waals surface area contributed by atoms with Crippen molar-refractivity contribution in [1.29, 1.82) is 0 Å². The fraction of sp³-hybridized carbons (Fsp3) is 0.600. The van der Waals surface area contributed by atoms with Crippen LogP contribution in [0.1, 0.15) is 37.3 Å². The molecule has 0 spiro atoms. The second-order valence-electron chi connectivity index (χ2n) is 5.50. The molecule has 0 N–H and O–H groups in total. The monoisotopic (exact) mass is 215 g/mol. The van der Waals surface area contributed by atoms with Gasteiger partial charge in [-0.15, -0.1) is 0 Å². The Morgan fingerprint density at radius 3 is 2.75 bits per heavy atom. The number of fused-ring (bicyclic) bond motifs is 1. The lowest BCUT2D eigenvalue weighted by molar-refractivity contribution is 0.501. The van der Waals surface area contributed by atoms with Gasteiger partial charge in [0.05, 0.1) is 0 Å². The Labute approximate surface area is 98.5 Å². The lowest BCUT2D eigenvalue weighted by Gasteiger charge is -2.24. The molecule has 1 unspecified atom stereocenters. The topological polar surface area (TPSA) is 3.24 Å². The van der Waals surface area contributed by atoms with Crippen LogP contribution in [-0.2, 0) is 12.8 Å². The molecule has 0 bridgehead atoms. The molecule has 1 heteroatoms. The summed E-state index contributed by atoms with van der Waals surface area (Å²) in [6.07, 6.45) is 6.69. The summed E-state index contributed by atoms with van der Waals surface area (Å²) >= 11 is 0. The summed E-state index contributed by atoms with van der Waals surface area (Å²) in [4.78, 5) is 2.54. The van der Waals surface area contributed by atoms with Gasteiger partial charge in [-0.2, -0.15) is 0 Å². The second-order valence-corrected chi connectivity index (χ2v) is 5.50. The van der Waals surface area contributed by atoms with Crippen LogP contribution < -0.4 is 4.90 Å². The van der Waals surface area contributed by atoms with E-state index in [-0.39, 0.29) is 0 Å². The summed E-state index contributed by atoms with van der Waals surface area (Å²) in [6, 6.07) is 7.16. The van der Waals surface area contributed by atoms with Crippen LogP contribution in [0.5, 0.6) is 0 Å². The third-order valence-corrected chi connectivity index (χ3v) is 4.14. The molecule has 0 amide bonds. The third-order valence-electron chi connectivity index (χ3n) is 4.14. The van der Waals surface area contributed by atoms with E-state index in [0.29, 0.717) is 0 Å². The first kappa shape index (κ1) is 10.2. The summed E-state index contributed by atoms with van der Waals surface area (Å²) < 4.78 is 0. The zero-order valence-electron chi connectivity index (χ0n) is 10.2. The first-order chi connectivity index (χ1) is 7.83. The van der Waals surface area contributed by atoms with Crippen LogP contribution in [0.25, 0.3) is 0 Å². The van der Waals surface area contributed by atoms with Crippen LogP contribution >= 0.6 is 0 Å². The van der Waals surface area contributed by atoms with Crippen LogP contribution in [0.3, 0.4) is 0 Å². The Hall–Kier alpha value is -0.980. The molecule has 1 heterocycles. The maximum Gasteiger partial charge on any atom is 0.0369 e. The molecule has 0 saturated carbocycles. The summed E-state index contributed by atoms with van der Waals surface area (Å²) in [5.41, 5.74) is 4.68. The molecule has 86 valence electrons. The number of anilines is 1. The SMILES string of the molecule is CC1CCc2cc(N3CCCC3)ccc2C1. The number of nitrogens with zero attached hydrogens (tertiary/aromatic N) is 1. The van der Waals surface area contributed by atoms with E-state index in [1.807, 2.05) is 0 Å². The standard InChI is InChI=1S/C15H21N/c1-12-4-5-14-11-15(7-6-13(14)10-12)16-8-2-3-9-16/h6-7,11-12H,2-5,8-10H2,1H3. The fourth-order valence-corrected chi connectivity index (χ4v) is 3.10. The molecular weight excluding hydrogens is 194 g/mol. The van der Waals surface area contributed by atoms with Gasteiger partial charge in [-0.25, -0.2) is 0 Å². The lowest BCUT2D eigenvalue weighted by Crippen LogP contribution is -2.19. The second kappa shape index (κ2) is 4.12. The van der Waals surface area contributed by atoms with Crippen molar-refractivity contribution in [3.8, 4) is 0 Å².